The highest BCUT2D eigenvalue weighted by atomic mass is 19.1. The van der Waals surface area contributed by atoms with Crippen LogP contribution in [0.1, 0.15) is 23.7 Å². The molecule has 1 unspecified atom stereocenters. The molecule has 0 spiro atoms. The first-order valence-corrected chi connectivity index (χ1v) is 9.93. The van der Waals surface area contributed by atoms with E-state index in [1.807, 2.05) is 18.3 Å². The average molecular weight is 378 g/mol. The molecule has 146 valence electrons. The Morgan fingerprint density at radius 2 is 1.68 bits per heavy atom. The van der Waals surface area contributed by atoms with Crippen LogP contribution < -0.4 is 0 Å². The third-order valence-corrected chi connectivity index (χ3v) is 6.00. The fourth-order valence-electron chi connectivity index (χ4n) is 4.16. The number of aromatic amines is 1. The molecule has 1 aliphatic rings. The Labute approximate surface area is 166 Å². The Morgan fingerprint density at radius 3 is 2.32 bits per heavy atom. The molecular formula is C23H27FN4. The fraction of sp³-hybridized carbons (Fsp3) is 0.348. The number of aromatic nitrogens is 2. The summed E-state index contributed by atoms with van der Waals surface area (Å²) in [6.07, 6.45) is 2.78. The van der Waals surface area contributed by atoms with Crippen LogP contribution in [-0.2, 0) is 12.0 Å². The van der Waals surface area contributed by atoms with Gasteiger partial charge in [-0.15, -0.1) is 0 Å². The molecule has 0 saturated carbocycles. The van der Waals surface area contributed by atoms with Crippen LogP contribution in [0.4, 0.5) is 4.39 Å². The minimum absolute atomic E-state index is 0.170. The first-order valence-electron chi connectivity index (χ1n) is 9.93. The normalized spacial score (nSPS) is 18.1. The third-order valence-electron chi connectivity index (χ3n) is 6.00. The fourth-order valence-corrected chi connectivity index (χ4v) is 4.16. The summed E-state index contributed by atoms with van der Waals surface area (Å²) in [5.41, 5.74) is 3.37. The topological polar surface area (TPSA) is 35.2 Å². The van der Waals surface area contributed by atoms with E-state index in [1.54, 1.807) is 12.1 Å². The molecule has 0 amide bonds. The lowest BCUT2D eigenvalue weighted by Crippen LogP contribution is -2.55. The number of benzene rings is 2. The van der Waals surface area contributed by atoms with E-state index in [4.69, 9.17) is 0 Å². The van der Waals surface area contributed by atoms with Gasteiger partial charge in [0.15, 0.2) is 0 Å². The maximum atomic E-state index is 13.1. The predicted molar refractivity (Wildman–Crippen MR) is 110 cm³/mol. The van der Waals surface area contributed by atoms with E-state index in [9.17, 15) is 4.39 Å². The van der Waals surface area contributed by atoms with Gasteiger partial charge in [-0.1, -0.05) is 42.5 Å². The lowest BCUT2D eigenvalue weighted by atomic mass is 9.86. The minimum Gasteiger partial charge on any atom is -0.300 e. The second-order valence-electron chi connectivity index (χ2n) is 7.61. The van der Waals surface area contributed by atoms with Gasteiger partial charge in [0, 0.05) is 38.9 Å². The number of rotatable bonds is 6. The largest absolute Gasteiger partial charge is 0.300 e. The molecule has 2 aromatic carbocycles. The molecule has 28 heavy (non-hydrogen) atoms. The van der Waals surface area contributed by atoms with Gasteiger partial charge < -0.3 is 4.90 Å². The number of halogens is 1. The van der Waals surface area contributed by atoms with E-state index in [0.717, 1.165) is 44.8 Å². The molecule has 1 saturated heterocycles. The molecule has 5 heteroatoms. The number of nitrogens with zero attached hydrogens (tertiary/aromatic N) is 3. The van der Waals surface area contributed by atoms with Crippen LogP contribution in [0.2, 0.25) is 0 Å². The van der Waals surface area contributed by atoms with Gasteiger partial charge in [0.05, 0.1) is 11.2 Å². The summed E-state index contributed by atoms with van der Waals surface area (Å²) in [6.45, 7) is 7.33. The van der Waals surface area contributed by atoms with E-state index in [-0.39, 0.29) is 11.4 Å². The number of piperazine rings is 1. The van der Waals surface area contributed by atoms with Crippen molar-refractivity contribution in [1.82, 2.24) is 20.0 Å². The van der Waals surface area contributed by atoms with E-state index >= 15 is 0 Å². The van der Waals surface area contributed by atoms with Crippen molar-refractivity contribution < 1.29 is 4.39 Å². The van der Waals surface area contributed by atoms with Crippen LogP contribution >= 0.6 is 0 Å². The zero-order valence-electron chi connectivity index (χ0n) is 16.3. The van der Waals surface area contributed by atoms with E-state index in [2.05, 4.69) is 63.3 Å². The smallest absolute Gasteiger partial charge is 0.123 e. The minimum atomic E-state index is -0.221. The second kappa shape index (κ2) is 8.25. The van der Waals surface area contributed by atoms with Crippen LogP contribution in [0.25, 0.3) is 0 Å². The highest BCUT2D eigenvalue weighted by Gasteiger charge is 2.38. The van der Waals surface area contributed by atoms with E-state index in [1.165, 1.54) is 11.1 Å². The van der Waals surface area contributed by atoms with Gasteiger partial charge in [0.1, 0.15) is 5.82 Å². The second-order valence-corrected chi connectivity index (χ2v) is 7.61. The summed E-state index contributed by atoms with van der Waals surface area (Å²) in [5, 5.41) is 7.40. The van der Waals surface area contributed by atoms with Crippen molar-refractivity contribution in [2.45, 2.75) is 18.9 Å². The van der Waals surface area contributed by atoms with Gasteiger partial charge in [-0.25, -0.2) is 4.39 Å². The number of hydrogen-bond acceptors (Lipinski definition) is 3. The molecule has 0 aliphatic carbocycles. The third kappa shape index (κ3) is 3.86. The zero-order chi connectivity index (χ0) is 19.4. The van der Waals surface area contributed by atoms with E-state index in [0.29, 0.717) is 0 Å². The van der Waals surface area contributed by atoms with Crippen molar-refractivity contribution in [2.75, 3.05) is 32.7 Å². The molecule has 1 aliphatic heterocycles. The Kier molecular flexibility index (Phi) is 5.55. The molecule has 4 nitrogen and oxygen atoms in total. The van der Waals surface area contributed by atoms with Crippen LogP contribution in [0, 0.1) is 5.82 Å². The maximum absolute atomic E-state index is 13.1. The highest BCUT2D eigenvalue weighted by Crippen LogP contribution is 2.35. The van der Waals surface area contributed by atoms with Gasteiger partial charge in [0.2, 0.25) is 0 Å². The Bertz CT molecular complexity index is 855. The first-order chi connectivity index (χ1) is 13.7. The average Bonchev–Trinajstić information content (AvgIpc) is 3.29. The van der Waals surface area contributed by atoms with Gasteiger partial charge >= 0.3 is 0 Å². The number of nitrogens with one attached hydrogen (secondary N) is 1. The molecule has 1 atom stereocenters. The van der Waals surface area contributed by atoms with Crippen LogP contribution in [0.3, 0.4) is 0 Å². The summed E-state index contributed by atoms with van der Waals surface area (Å²) in [6, 6.07) is 19.6. The van der Waals surface area contributed by atoms with Crippen molar-refractivity contribution in [1.29, 1.82) is 0 Å². The summed E-state index contributed by atoms with van der Waals surface area (Å²) >= 11 is 0. The van der Waals surface area contributed by atoms with Crippen LogP contribution in [0.15, 0.2) is 66.9 Å². The van der Waals surface area contributed by atoms with Crippen molar-refractivity contribution in [2.24, 2.45) is 0 Å². The molecular weight excluding hydrogens is 351 g/mol. The van der Waals surface area contributed by atoms with Gasteiger partial charge in [0.25, 0.3) is 0 Å². The summed E-state index contributed by atoms with van der Waals surface area (Å²) in [4.78, 5) is 5.04. The van der Waals surface area contributed by atoms with Gasteiger partial charge in [-0.2, -0.15) is 5.10 Å². The monoisotopic (exact) mass is 378 g/mol. The molecule has 0 bridgehead atoms. The van der Waals surface area contributed by atoms with Crippen molar-refractivity contribution in [3.05, 3.63) is 89.5 Å². The lowest BCUT2D eigenvalue weighted by molar-refractivity contribution is 0.0606. The molecule has 2 heterocycles. The molecule has 0 radical (unpaired) electrons. The quantitative estimate of drug-likeness (QED) is 0.711. The lowest BCUT2D eigenvalue weighted by Gasteiger charge is -2.45. The summed E-state index contributed by atoms with van der Waals surface area (Å²) in [7, 11) is 0. The SMILES string of the molecule is CC(c1ccccc1)(c1ccn[nH]1)N1CCN(CCc2ccc(F)cc2)CC1. The molecule has 4 rings (SSSR count). The van der Waals surface area contributed by atoms with Crippen molar-refractivity contribution in [3.63, 3.8) is 0 Å². The number of H-pyrrole nitrogens is 1. The van der Waals surface area contributed by atoms with Crippen LogP contribution in [0.5, 0.6) is 0 Å². The highest BCUT2D eigenvalue weighted by molar-refractivity contribution is 5.33. The molecule has 1 N–H and O–H groups in total. The molecule has 1 fully saturated rings. The number of hydrogen-bond donors (Lipinski definition) is 1. The van der Waals surface area contributed by atoms with Gasteiger partial charge in [-0.05, 0) is 42.7 Å². The molecule has 3 aromatic rings. The van der Waals surface area contributed by atoms with E-state index < -0.39 is 0 Å². The Morgan fingerprint density at radius 1 is 0.964 bits per heavy atom. The Hall–Kier alpha value is -2.50. The predicted octanol–water partition coefficient (Wildman–Crippen LogP) is 3.67. The molecule has 1 aromatic heterocycles. The van der Waals surface area contributed by atoms with Crippen molar-refractivity contribution in [3.8, 4) is 0 Å². The van der Waals surface area contributed by atoms with Crippen molar-refractivity contribution >= 4 is 0 Å². The summed E-state index contributed by atoms with van der Waals surface area (Å²) < 4.78 is 13.1. The summed E-state index contributed by atoms with van der Waals surface area (Å²) in [5.74, 6) is -0.170. The first kappa shape index (κ1) is 18.8. The zero-order valence-corrected chi connectivity index (χ0v) is 16.3. The van der Waals surface area contributed by atoms with Gasteiger partial charge in [-0.3, -0.25) is 10.00 Å². The Balaban J connectivity index is 1.43. The van der Waals surface area contributed by atoms with Crippen LogP contribution in [-0.4, -0.2) is 52.7 Å². The maximum Gasteiger partial charge on any atom is 0.123 e. The standard InChI is InChI=1S/C23H27FN4/c1-23(22-11-13-25-26-22,20-5-3-2-4-6-20)28-17-15-27(16-18-28)14-12-19-7-9-21(24)10-8-19/h2-11,13H,12,14-18H2,1H3,(H,25,26).